The maximum Gasteiger partial charge on any atom is 0.137 e. The van der Waals surface area contributed by atoms with Crippen molar-refractivity contribution in [2.45, 2.75) is 97.8 Å². The van der Waals surface area contributed by atoms with Gasteiger partial charge >= 0.3 is 0 Å². The van der Waals surface area contributed by atoms with E-state index in [1.165, 1.54) is 44.2 Å². The van der Waals surface area contributed by atoms with Crippen molar-refractivity contribution in [3.8, 4) is 17.3 Å². The molecule has 9 rings (SSSR count). The lowest BCUT2D eigenvalue weighted by atomic mass is 9.78. The molecule has 8 aromatic rings. The van der Waals surface area contributed by atoms with E-state index in [1.807, 2.05) is 6.20 Å². The van der Waals surface area contributed by atoms with Crippen LogP contribution < -0.4 is 14.5 Å². The Labute approximate surface area is 380 Å². The van der Waals surface area contributed by atoms with Crippen molar-refractivity contribution >= 4 is 38.9 Å². The highest BCUT2D eigenvalue weighted by Gasteiger charge is 2.30. The molecule has 0 saturated heterocycles. The molecule has 0 bridgehead atoms. The van der Waals surface area contributed by atoms with Gasteiger partial charge in [0.1, 0.15) is 17.3 Å². The standard InChI is InChI=1S/C59H62N4O/c1-56(2,3)42-29-30-60-54(34-42)63-51-28-19-18-27-49(51)55-50(58(7,8)9)36-48(37-52(55)63)64-47-33-44(57(4,5)6)32-46(35-47)61-38-53(40-21-14-12-15-22-40)62(39-61)45-26-20-25-43(31-45)59(10,11)41-23-16-13-17-24-41/h12-38H,39H2,1-11H3. The third kappa shape index (κ3) is 8.09. The smallest absolute Gasteiger partial charge is 0.137 e. The number of ether oxygens (including phenoxy) is 1. The Morgan fingerprint density at radius 3 is 1.84 bits per heavy atom. The molecule has 324 valence electrons. The molecule has 2 aromatic heterocycles. The van der Waals surface area contributed by atoms with Gasteiger partial charge in [-0.15, -0.1) is 0 Å². The summed E-state index contributed by atoms with van der Waals surface area (Å²) in [6.07, 6.45) is 4.25. The summed E-state index contributed by atoms with van der Waals surface area (Å²) in [6, 6.07) is 54.9. The minimum atomic E-state index is -0.170. The molecule has 6 aromatic carbocycles. The van der Waals surface area contributed by atoms with E-state index < -0.39 is 0 Å². The molecule has 1 aliphatic heterocycles. The average Bonchev–Trinajstić information content (AvgIpc) is 3.86. The maximum absolute atomic E-state index is 7.15. The van der Waals surface area contributed by atoms with Crippen molar-refractivity contribution in [2.24, 2.45) is 0 Å². The minimum Gasteiger partial charge on any atom is -0.457 e. The molecule has 0 atom stereocenters. The lowest BCUT2D eigenvalue weighted by molar-refractivity contribution is 0.476. The molecule has 1 aliphatic rings. The summed E-state index contributed by atoms with van der Waals surface area (Å²) in [5.41, 5.74) is 12.5. The fourth-order valence-electron chi connectivity index (χ4n) is 9.14. The summed E-state index contributed by atoms with van der Waals surface area (Å²) >= 11 is 0. The van der Waals surface area contributed by atoms with E-state index in [0.717, 1.165) is 45.4 Å². The molecular weight excluding hydrogens is 781 g/mol. The van der Waals surface area contributed by atoms with Crippen molar-refractivity contribution in [3.05, 3.63) is 197 Å². The Morgan fingerprint density at radius 1 is 0.500 bits per heavy atom. The van der Waals surface area contributed by atoms with Crippen molar-refractivity contribution in [2.75, 3.05) is 16.5 Å². The van der Waals surface area contributed by atoms with Crippen LogP contribution in [0.1, 0.15) is 110 Å². The molecule has 5 heteroatoms. The topological polar surface area (TPSA) is 33.5 Å². The van der Waals surface area contributed by atoms with Gasteiger partial charge in [0, 0.05) is 52.1 Å². The Hall–Kier alpha value is -6.59. The van der Waals surface area contributed by atoms with E-state index in [4.69, 9.17) is 9.72 Å². The lowest BCUT2D eigenvalue weighted by Gasteiger charge is -2.30. The molecule has 64 heavy (non-hydrogen) atoms. The van der Waals surface area contributed by atoms with Crippen LogP contribution in [0, 0.1) is 0 Å². The van der Waals surface area contributed by atoms with Gasteiger partial charge in [-0.25, -0.2) is 4.98 Å². The highest BCUT2D eigenvalue weighted by atomic mass is 16.5. The normalized spacial score (nSPS) is 13.8. The van der Waals surface area contributed by atoms with Gasteiger partial charge in [-0.3, -0.25) is 4.57 Å². The van der Waals surface area contributed by atoms with Crippen LogP contribution in [0.5, 0.6) is 11.5 Å². The summed E-state index contributed by atoms with van der Waals surface area (Å²) in [6.45, 7) is 25.7. The van der Waals surface area contributed by atoms with Crippen LogP contribution in [0.25, 0.3) is 33.3 Å². The minimum absolute atomic E-state index is 0.0240. The van der Waals surface area contributed by atoms with Gasteiger partial charge in [-0.2, -0.15) is 0 Å². The van der Waals surface area contributed by atoms with Crippen molar-refractivity contribution in [3.63, 3.8) is 0 Å². The number of benzene rings is 6. The zero-order chi connectivity index (χ0) is 45.2. The zero-order valence-corrected chi connectivity index (χ0v) is 39.5. The SMILES string of the molecule is CC(C)(C)c1cc(Oc2cc(C(C)(C)C)c3c4ccccc4n(-c4cc(C(C)(C)C)ccn4)c3c2)cc(N2C=C(c3ccccc3)N(c3cccc(C(C)(C)c4ccccc4)c3)C2)c1. The number of nitrogens with zero attached hydrogens (tertiary/aromatic N) is 4. The molecule has 0 amide bonds. The highest BCUT2D eigenvalue weighted by molar-refractivity contribution is 6.11. The number of hydrogen-bond donors (Lipinski definition) is 0. The first-order valence-electron chi connectivity index (χ1n) is 22.7. The van der Waals surface area contributed by atoms with Gasteiger partial charge in [0.25, 0.3) is 0 Å². The van der Waals surface area contributed by atoms with Crippen LogP contribution in [0.3, 0.4) is 0 Å². The number of aromatic nitrogens is 2. The molecule has 0 saturated carbocycles. The Balaban J connectivity index is 1.16. The van der Waals surface area contributed by atoms with Crippen LogP contribution in [0.4, 0.5) is 11.4 Å². The average molecular weight is 843 g/mol. The summed E-state index contributed by atoms with van der Waals surface area (Å²) in [5.74, 6) is 2.50. The summed E-state index contributed by atoms with van der Waals surface area (Å²) in [7, 11) is 0. The summed E-state index contributed by atoms with van der Waals surface area (Å²) in [5, 5.41) is 2.44. The molecule has 0 N–H and O–H groups in total. The number of fused-ring (bicyclic) bond motifs is 3. The molecule has 0 fully saturated rings. The summed E-state index contributed by atoms with van der Waals surface area (Å²) in [4.78, 5) is 9.80. The van der Waals surface area contributed by atoms with E-state index in [1.54, 1.807) is 0 Å². The van der Waals surface area contributed by atoms with E-state index >= 15 is 0 Å². The van der Waals surface area contributed by atoms with E-state index in [9.17, 15) is 0 Å². The quantitative estimate of drug-likeness (QED) is 0.153. The molecule has 0 unspecified atom stereocenters. The van der Waals surface area contributed by atoms with Gasteiger partial charge < -0.3 is 14.5 Å². The first-order chi connectivity index (χ1) is 30.4. The third-order valence-corrected chi connectivity index (χ3v) is 13.0. The second kappa shape index (κ2) is 15.9. The number of pyridine rings is 1. The van der Waals surface area contributed by atoms with Crippen LogP contribution in [0.2, 0.25) is 0 Å². The van der Waals surface area contributed by atoms with Gasteiger partial charge in [-0.05, 0) is 98.2 Å². The fraction of sp³-hybridized carbons (Fsp3) is 0.271. The predicted molar refractivity (Wildman–Crippen MR) is 270 cm³/mol. The highest BCUT2D eigenvalue weighted by Crippen LogP contribution is 2.44. The van der Waals surface area contributed by atoms with Crippen LogP contribution in [0.15, 0.2) is 164 Å². The molecule has 3 heterocycles. The van der Waals surface area contributed by atoms with E-state index in [0.29, 0.717) is 6.67 Å². The van der Waals surface area contributed by atoms with Crippen molar-refractivity contribution in [1.29, 1.82) is 0 Å². The molecule has 5 nitrogen and oxygen atoms in total. The van der Waals surface area contributed by atoms with Crippen LogP contribution >= 0.6 is 0 Å². The molecule has 0 spiro atoms. The Kier molecular flexibility index (Phi) is 10.6. The van der Waals surface area contributed by atoms with Gasteiger partial charge in [-0.1, -0.05) is 167 Å². The third-order valence-electron chi connectivity index (χ3n) is 13.0. The predicted octanol–water partition coefficient (Wildman–Crippen LogP) is 15.5. The maximum atomic E-state index is 7.15. The zero-order valence-electron chi connectivity index (χ0n) is 39.5. The molecule has 0 radical (unpaired) electrons. The number of para-hydroxylation sites is 1. The van der Waals surface area contributed by atoms with E-state index in [2.05, 4.69) is 248 Å². The van der Waals surface area contributed by atoms with Gasteiger partial charge in [0.05, 0.1) is 23.4 Å². The Bertz CT molecular complexity index is 3030. The van der Waals surface area contributed by atoms with Crippen molar-refractivity contribution in [1.82, 2.24) is 9.55 Å². The summed E-state index contributed by atoms with van der Waals surface area (Å²) < 4.78 is 9.47. The second-order valence-electron chi connectivity index (χ2n) is 21.1. The van der Waals surface area contributed by atoms with E-state index in [-0.39, 0.29) is 21.7 Å². The van der Waals surface area contributed by atoms with Crippen LogP contribution in [-0.2, 0) is 21.7 Å². The van der Waals surface area contributed by atoms with Gasteiger partial charge in [0.2, 0.25) is 0 Å². The molecular formula is C59H62N4O. The van der Waals surface area contributed by atoms with Gasteiger partial charge in [0.15, 0.2) is 0 Å². The van der Waals surface area contributed by atoms with Crippen LogP contribution in [-0.4, -0.2) is 16.2 Å². The monoisotopic (exact) mass is 842 g/mol. The number of rotatable bonds is 8. The first kappa shape index (κ1) is 42.7. The number of hydrogen-bond acceptors (Lipinski definition) is 4. The largest absolute Gasteiger partial charge is 0.457 e. The molecule has 0 aliphatic carbocycles. The Morgan fingerprint density at radius 2 is 1.14 bits per heavy atom. The number of anilines is 2. The lowest BCUT2D eigenvalue weighted by Crippen LogP contribution is -2.27. The fourth-order valence-corrected chi connectivity index (χ4v) is 9.14. The first-order valence-corrected chi connectivity index (χ1v) is 22.7. The van der Waals surface area contributed by atoms with Crippen molar-refractivity contribution < 1.29 is 4.74 Å². The second-order valence-corrected chi connectivity index (χ2v) is 21.1.